The molecular weight excluding hydrogens is 378 g/mol. The smallest absolute Gasteiger partial charge is 0.0317 e. The van der Waals surface area contributed by atoms with Gasteiger partial charge < -0.3 is 16.4 Å². The monoisotopic (exact) mass is 417 g/mol. The molecule has 1 aliphatic carbocycles. The minimum absolute atomic E-state index is 0.438. The maximum absolute atomic E-state index is 6.17. The summed E-state index contributed by atoms with van der Waals surface area (Å²) in [6.45, 7) is 9.36. The molecule has 2 aromatic carbocycles. The van der Waals surface area contributed by atoms with Crippen LogP contribution in [-0.2, 0) is 0 Å². The summed E-state index contributed by atoms with van der Waals surface area (Å²) in [5.41, 5.74) is 12.3. The molecule has 0 heterocycles. The Morgan fingerprint density at radius 2 is 1.52 bits per heavy atom. The molecule has 0 saturated heterocycles. The standard InChI is InChI=1S/C28H39N3/c1-3-23(28(24-12-6-4-7-13-24)25-14-8-5-9-15-25)18-19-30-20-21-31-22(2)26-16-10-11-17-27(26)29/h4-9,12-15,23,28,30-31H,2-3,10-11,16-21,29H2,1H3. The van der Waals surface area contributed by atoms with Crippen LogP contribution in [0, 0.1) is 5.92 Å². The molecule has 3 nitrogen and oxygen atoms in total. The van der Waals surface area contributed by atoms with Crippen molar-refractivity contribution in [1.29, 1.82) is 0 Å². The van der Waals surface area contributed by atoms with Gasteiger partial charge in [-0.2, -0.15) is 0 Å². The van der Waals surface area contributed by atoms with E-state index in [0.717, 1.165) is 50.3 Å². The van der Waals surface area contributed by atoms with Gasteiger partial charge in [0.2, 0.25) is 0 Å². The number of rotatable bonds is 12. The van der Waals surface area contributed by atoms with Crippen LogP contribution in [0.1, 0.15) is 62.5 Å². The van der Waals surface area contributed by atoms with E-state index in [1.54, 1.807) is 0 Å². The van der Waals surface area contributed by atoms with E-state index in [4.69, 9.17) is 5.73 Å². The quantitative estimate of drug-likeness (QED) is 0.387. The summed E-state index contributed by atoms with van der Waals surface area (Å²) >= 11 is 0. The summed E-state index contributed by atoms with van der Waals surface area (Å²) in [7, 11) is 0. The molecule has 166 valence electrons. The third-order valence-corrected chi connectivity index (χ3v) is 6.52. The van der Waals surface area contributed by atoms with Gasteiger partial charge in [-0.05, 0) is 61.3 Å². The second kappa shape index (κ2) is 12.4. The normalized spacial score (nSPS) is 15.2. The largest absolute Gasteiger partial charge is 0.402 e. The lowest BCUT2D eigenvalue weighted by Crippen LogP contribution is -2.30. The molecule has 0 aromatic heterocycles. The maximum atomic E-state index is 6.17. The first-order chi connectivity index (χ1) is 15.2. The average Bonchev–Trinajstić information content (AvgIpc) is 2.81. The van der Waals surface area contributed by atoms with E-state index in [1.165, 1.54) is 36.0 Å². The predicted molar refractivity (Wildman–Crippen MR) is 133 cm³/mol. The van der Waals surface area contributed by atoms with Crippen molar-refractivity contribution in [3.8, 4) is 0 Å². The van der Waals surface area contributed by atoms with Crippen molar-refractivity contribution in [3.05, 3.63) is 95.3 Å². The van der Waals surface area contributed by atoms with E-state index in [2.05, 4.69) is 84.8 Å². The highest BCUT2D eigenvalue weighted by molar-refractivity contribution is 5.33. The van der Waals surface area contributed by atoms with Gasteiger partial charge >= 0.3 is 0 Å². The van der Waals surface area contributed by atoms with E-state index >= 15 is 0 Å². The van der Waals surface area contributed by atoms with Crippen molar-refractivity contribution >= 4 is 0 Å². The van der Waals surface area contributed by atoms with E-state index in [0.29, 0.717) is 11.8 Å². The number of hydrogen-bond acceptors (Lipinski definition) is 3. The molecule has 2 aromatic rings. The molecule has 3 heteroatoms. The molecule has 0 bridgehead atoms. The van der Waals surface area contributed by atoms with Gasteiger partial charge in [0.05, 0.1) is 0 Å². The first-order valence-corrected chi connectivity index (χ1v) is 11.9. The molecule has 1 aliphatic rings. The van der Waals surface area contributed by atoms with Crippen molar-refractivity contribution in [3.63, 3.8) is 0 Å². The van der Waals surface area contributed by atoms with Crippen LogP contribution in [0.2, 0.25) is 0 Å². The molecule has 0 spiro atoms. The second-order valence-electron chi connectivity index (χ2n) is 8.62. The summed E-state index contributed by atoms with van der Waals surface area (Å²) in [5, 5.41) is 7.09. The Morgan fingerprint density at radius 3 is 2.10 bits per heavy atom. The zero-order valence-corrected chi connectivity index (χ0v) is 19.1. The van der Waals surface area contributed by atoms with Crippen LogP contribution in [0.5, 0.6) is 0 Å². The van der Waals surface area contributed by atoms with Crippen LogP contribution < -0.4 is 16.4 Å². The predicted octanol–water partition coefficient (Wildman–Crippen LogP) is 5.71. The fourth-order valence-corrected chi connectivity index (χ4v) is 4.76. The molecule has 3 rings (SSSR count). The Labute approximate surface area is 188 Å². The SMILES string of the molecule is C=C(NCCNCCC(CC)C(c1ccccc1)c1ccccc1)C1=C(N)CCCC1. The maximum Gasteiger partial charge on any atom is 0.0317 e. The van der Waals surface area contributed by atoms with Crippen LogP contribution in [0.15, 0.2) is 84.2 Å². The summed E-state index contributed by atoms with van der Waals surface area (Å²) in [6, 6.07) is 21.9. The Bertz CT molecular complexity index is 786. The van der Waals surface area contributed by atoms with E-state index < -0.39 is 0 Å². The van der Waals surface area contributed by atoms with Gasteiger partial charge in [-0.15, -0.1) is 0 Å². The first-order valence-electron chi connectivity index (χ1n) is 11.9. The lowest BCUT2D eigenvalue weighted by molar-refractivity contribution is 0.408. The van der Waals surface area contributed by atoms with Crippen molar-refractivity contribution in [1.82, 2.24) is 10.6 Å². The molecule has 0 fully saturated rings. The van der Waals surface area contributed by atoms with Crippen molar-refractivity contribution in [2.75, 3.05) is 19.6 Å². The third kappa shape index (κ3) is 6.73. The van der Waals surface area contributed by atoms with Crippen molar-refractivity contribution in [2.24, 2.45) is 11.7 Å². The molecule has 4 N–H and O–H groups in total. The molecule has 1 unspecified atom stereocenters. The average molecular weight is 418 g/mol. The van der Waals surface area contributed by atoms with Crippen LogP contribution in [0.25, 0.3) is 0 Å². The van der Waals surface area contributed by atoms with Crippen LogP contribution in [0.3, 0.4) is 0 Å². The number of hydrogen-bond donors (Lipinski definition) is 3. The number of allylic oxidation sites excluding steroid dienone is 2. The Hall–Kier alpha value is -2.52. The van der Waals surface area contributed by atoms with E-state index in [1.807, 2.05) is 0 Å². The molecule has 31 heavy (non-hydrogen) atoms. The van der Waals surface area contributed by atoms with E-state index in [-0.39, 0.29) is 0 Å². The van der Waals surface area contributed by atoms with Gasteiger partial charge in [-0.1, -0.05) is 80.6 Å². The fourth-order valence-electron chi connectivity index (χ4n) is 4.76. The minimum Gasteiger partial charge on any atom is -0.402 e. The summed E-state index contributed by atoms with van der Waals surface area (Å²) < 4.78 is 0. The Balaban J connectivity index is 1.49. The lowest BCUT2D eigenvalue weighted by Gasteiger charge is -2.28. The van der Waals surface area contributed by atoms with Crippen LogP contribution in [-0.4, -0.2) is 19.6 Å². The second-order valence-corrected chi connectivity index (χ2v) is 8.62. The summed E-state index contributed by atoms with van der Waals surface area (Å²) in [6.07, 6.45) is 6.82. The van der Waals surface area contributed by atoms with Gasteiger partial charge in [0.1, 0.15) is 0 Å². The van der Waals surface area contributed by atoms with Gasteiger partial charge in [0.15, 0.2) is 0 Å². The molecular formula is C28H39N3. The van der Waals surface area contributed by atoms with Gasteiger partial charge in [-0.25, -0.2) is 0 Å². The van der Waals surface area contributed by atoms with Crippen molar-refractivity contribution < 1.29 is 0 Å². The zero-order valence-electron chi connectivity index (χ0n) is 19.1. The first kappa shape index (κ1) is 23.1. The fraction of sp³-hybridized carbons (Fsp3) is 0.429. The molecule has 1 atom stereocenters. The van der Waals surface area contributed by atoms with E-state index in [9.17, 15) is 0 Å². The van der Waals surface area contributed by atoms with Crippen molar-refractivity contribution in [2.45, 2.75) is 51.4 Å². The minimum atomic E-state index is 0.438. The molecule has 0 aliphatic heterocycles. The van der Waals surface area contributed by atoms with Gasteiger partial charge in [-0.3, -0.25) is 0 Å². The highest BCUT2D eigenvalue weighted by Crippen LogP contribution is 2.35. The Kier molecular flexibility index (Phi) is 9.23. The third-order valence-electron chi connectivity index (χ3n) is 6.52. The molecule has 0 amide bonds. The number of benzene rings is 2. The summed E-state index contributed by atoms with van der Waals surface area (Å²) in [5.74, 6) is 1.04. The highest BCUT2D eigenvalue weighted by atomic mass is 14.9. The topological polar surface area (TPSA) is 50.1 Å². The van der Waals surface area contributed by atoms with Crippen LogP contribution >= 0.6 is 0 Å². The number of nitrogens with one attached hydrogen (secondary N) is 2. The van der Waals surface area contributed by atoms with Crippen LogP contribution in [0.4, 0.5) is 0 Å². The molecule has 0 saturated carbocycles. The Morgan fingerprint density at radius 1 is 0.903 bits per heavy atom. The highest BCUT2D eigenvalue weighted by Gasteiger charge is 2.23. The van der Waals surface area contributed by atoms with Gasteiger partial charge in [0, 0.05) is 30.4 Å². The number of nitrogens with two attached hydrogens (primary N) is 1. The lowest BCUT2D eigenvalue weighted by atomic mass is 9.78. The molecule has 0 radical (unpaired) electrons. The summed E-state index contributed by atoms with van der Waals surface area (Å²) in [4.78, 5) is 0. The zero-order chi connectivity index (χ0) is 21.9. The van der Waals surface area contributed by atoms with Gasteiger partial charge in [0.25, 0.3) is 0 Å².